The lowest BCUT2D eigenvalue weighted by Gasteiger charge is -2.34. The maximum Gasteiger partial charge on any atom is 0.0611 e. The molecule has 3 heteroatoms. The molecule has 0 radical (unpaired) electrons. The minimum absolute atomic E-state index is 0.0744. The van der Waals surface area contributed by atoms with Crippen LogP contribution < -0.4 is 5.32 Å². The van der Waals surface area contributed by atoms with Gasteiger partial charge in [-0.25, -0.2) is 0 Å². The Hall–Kier alpha value is -0.120. The molecule has 0 amide bonds. The number of rotatable bonds is 8. The number of hydrogen-bond acceptors (Lipinski definition) is 3. The largest absolute Gasteiger partial charge is 0.394 e. The number of aliphatic hydroxyl groups is 1. The van der Waals surface area contributed by atoms with Crippen molar-refractivity contribution in [3.8, 4) is 0 Å². The molecule has 2 rings (SSSR count). The lowest BCUT2D eigenvalue weighted by molar-refractivity contribution is 0.138. The fourth-order valence-corrected chi connectivity index (χ4v) is 2.56. The van der Waals surface area contributed by atoms with Crippen LogP contribution >= 0.6 is 0 Å². The summed E-state index contributed by atoms with van der Waals surface area (Å²) in [6.45, 7) is 4.74. The van der Waals surface area contributed by atoms with E-state index < -0.39 is 0 Å². The molecule has 2 aliphatic rings. The van der Waals surface area contributed by atoms with E-state index in [2.05, 4.69) is 24.2 Å². The van der Waals surface area contributed by atoms with E-state index in [4.69, 9.17) is 0 Å². The topological polar surface area (TPSA) is 35.5 Å². The molecule has 0 aromatic carbocycles. The summed E-state index contributed by atoms with van der Waals surface area (Å²) in [6, 6.07) is 0.670. The van der Waals surface area contributed by atoms with E-state index in [1.54, 1.807) is 0 Å². The average molecular weight is 240 g/mol. The molecule has 1 unspecified atom stereocenters. The van der Waals surface area contributed by atoms with Crippen molar-refractivity contribution in [3.05, 3.63) is 0 Å². The van der Waals surface area contributed by atoms with Gasteiger partial charge in [-0.2, -0.15) is 0 Å². The third-order valence-corrected chi connectivity index (χ3v) is 4.32. The highest BCUT2D eigenvalue weighted by atomic mass is 16.3. The minimum atomic E-state index is -0.0744. The molecule has 0 heterocycles. The highest BCUT2D eigenvalue weighted by Gasteiger charge is 2.32. The van der Waals surface area contributed by atoms with Crippen LogP contribution in [0.1, 0.15) is 45.4 Å². The molecule has 0 bridgehead atoms. The predicted molar refractivity (Wildman–Crippen MR) is 71.1 cm³/mol. The number of aliphatic hydroxyl groups excluding tert-OH is 1. The third kappa shape index (κ3) is 4.23. The molecule has 2 aliphatic carbocycles. The maximum atomic E-state index is 9.53. The van der Waals surface area contributed by atoms with Gasteiger partial charge in [0.15, 0.2) is 0 Å². The Morgan fingerprint density at radius 2 is 2.00 bits per heavy atom. The Kier molecular flexibility index (Phi) is 4.45. The van der Waals surface area contributed by atoms with E-state index in [9.17, 15) is 5.11 Å². The summed E-state index contributed by atoms with van der Waals surface area (Å²) in [6.07, 6.45) is 7.88. The maximum absolute atomic E-state index is 9.53. The monoisotopic (exact) mass is 240 g/mol. The van der Waals surface area contributed by atoms with Crippen molar-refractivity contribution in [1.29, 1.82) is 0 Å². The smallest absolute Gasteiger partial charge is 0.0611 e. The van der Waals surface area contributed by atoms with Crippen LogP contribution in [0.4, 0.5) is 0 Å². The first-order valence-corrected chi connectivity index (χ1v) is 7.18. The van der Waals surface area contributed by atoms with E-state index in [-0.39, 0.29) is 12.1 Å². The Balaban J connectivity index is 1.66. The average Bonchev–Trinajstić information content (AvgIpc) is 3.04. The molecule has 100 valence electrons. The van der Waals surface area contributed by atoms with Gasteiger partial charge in [-0.1, -0.05) is 6.42 Å². The van der Waals surface area contributed by atoms with Gasteiger partial charge < -0.3 is 15.3 Å². The van der Waals surface area contributed by atoms with Gasteiger partial charge in [-0.3, -0.25) is 0 Å². The number of nitrogens with one attached hydrogen (secondary N) is 1. The van der Waals surface area contributed by atoms with Crippen LogP contribution in [0.3, 0.4) is 0 Å². The SMILES string of the molecule is CN(CCC(C)(CO)NC1CC1)CC1CCC1. The normalized spacial score (nSPS) is 24.7. The Labute approximate surface area is 106 Å². The van der Waals surface area contributed by atoms with Gasteiger partial charge in [0.2, 0.25) is 0 Å². The highest BCUT2D eigenvalue weighted by Crippen LogP contribution is 2.27. The Bertz CT molecular complexity index is 238. The van der Waals surface area contributed by atoms with Crippen molar-refractivity contribution in [2.24, 2.45) is 5.92 Å². The van der Waals surface area contributed by atoms with Crippen molar-refractivity contribution < 1.29 is 5.11 Å². The Morgan fingerprint density at radius 1 is 1.29 bits per heavy atom. The van der Waals surface area contributed by atoms with Gasteiger partial charge in [0.25, 0.3) is 0 Å². The van der Waals surface area contributed by atoms with Crippen molar-refractivity contribution in [2.75, 3.05) is 26.7 Å². The summed E-state index contributed by atoms with van der Waals surface area (Å²) in [5.74, 6) is 0.941. The highest BCUT2D eigenvalue weighted by molar-refractivity contribution is 4.92. The number of nitrogens with zero attached hydrogens (tertiary/aromatic N) is 1. The van der Waals surface area contributed by atoms with Crippen LogP contribution in [-0.2, 0) is 0 Å². The minimum Gasteiger partial charge on any atom is -0.394 e. The van der Waals surface area contributed by atoms with Crippen LogP contribution in [-0.4, -0.2) is 48.3 Å². The lowest BCUT2D eigenvalue weighted by atomic mass is 9.85. The zero-order chi connectivity index (χ0) is 12.3. The fourth-order valence-electron chi connectivity index (χ4n) is 2.56. The summed E-state index contributed by atoms with van der Waals surface area (Å²) in [4.78, 5) is 2.44. The van der Waals surface area contributed by atoms with Crippen molar-refractivity contribution in [2.45, 2.75) is 57.0 Å². The molecule has 17 heavy (non-hydrogen) atoms. The fraction of sp³-hybridized carbons (Fsp3) is 1.00. The molecule has 2 N–H and O–H groups in total. The van der Waals surface area contributed by atoms with Crippen molar-refractivity contribution in [3.63, 3.8) is 0 Å². The summed E-state index contributed by atoms with van der Waals surface area (Å²) >= 11 is 0. The van der Waals surface area contributed by atoms with Gasteiger partial charge >= 0.3 is 0 Å². The molecule has 0 aliphatic heterocycles. The second-order valence-electron chi connectivity index (χ2n) is 6.45. The van der Waals surface area contributed by atoms with Gasteiger partial charge in [0, 0.05) is 18.1 Å². The van der Waals surface area contributed by atoms with Gasteiger partial charge in [-0.05, 0) is 58.5 Å². The Morgan fingerprint density at radius 3 is 2.47 bits per heavy atom. The van der Waals surface area contributed by atoms with Gasteiger partial charge in [0.1, 0.15) is 0 Å². The van der Waals surface area contributed by atoms with E-state index in [0.717, 1.165) is 18.9 Å². The van der Waals surface area contributed by atoms with Crippen LogP contribution in [0.5, 0.6) is 0 Å². The predicted octanol–water partition coefficient (Wildman–Crippen LogP) is 1.61. The first-order valence-electron chi connectivity index (χ1n) is 7.18. The van der Waals surface area contributed by atoms with E-state index in [1.165, 1.54) is 38.6 Å². The number of hydrogen-bond donors (Lipinski definition) is 2. The second kappa shape index (κ2) is 5.68. The summed E-state index contributed by atoms with van der Waals surface area (Å²) in [5.41, 5.74) is -0.0744. The molecule has 3 nitrogen and oxygen atoms in total. The van der Waals surface area contributed by atoms with Crippen LogP contribution in [0.2, 0.25) is 0 Å². The molecule has 0 aromatic heterocycles. The second-order valence-corrected chi connectivity index (χ2v) is 6.45. The molecular formula is C14H28N2O. The van der Waals surface area contributed by atoms with Crippen LogP contribution in [0, 0.1) is 5.92 Å². The first kappa shape index (κ1) is 13.3. The molecule has 1 atom stereocenters. The summed E-state index contributed by atoms with van der Waals surface area (Å²) in [5, 5.41) is 13.1. The summed E-state index contributed by atoms with van der Waals surface area (Å²) in [7, 11) is 2.22. The quantitative estimate of drug-likeness (QED) is 0.676. The summed E-state index contributed by atoms with van der Waals surface area (Å²) < 4.78 is 0. The van der Waals surface area contributed by atoms with E-state index in [0.29, 0.717) is 6.04 Å². The van der Waals surface area contributed by atoms with Crippen molar-refractivity contribution >= 4 is 0 Å². The van der Waals surface area contributed by atoms with Crippen molar-refractivity contribution in [1.82, 2.24) is 10.2 Å². The zero-order valence-electron chi connectivity index (χ0n) is 11.4. The molecule has 0 aromatic rings. The third-order valence-electron chi connectivity index (χ3n) is 4.32. The van der Waals surface area contributed by atoms with E-state index >= 15 is 0 Å². The van der Waals surface area contributed by atoms with Gasteiger partial charge in [-0.15, -0.1) is 0 Å². The molecular weight excluding hydrogens is 212 g/mol. The van der Waals surface area contributed by atoms with Gasteiger partial charge in [0.05, 0.1) is 6.61 Å². The zero-order valence-corrected chi connectivity index (χ0v) is 11.4. The van der Waals surface area contributed by atoms with Crippen LogP contribution in [0.25, 0.3) is 0 Å². The van der Waals surface area contributed by atoms with Crippen LogP contribution in [0.15, 0.2) is 0 Å². The lowest BCUT2D eigenvalue weighted by Crippen LogP contribution is -2.49. The molecule has 2 fully saturated rings. The van der Waals surface area contributed by atoms with E-state index in [1.807, 2.05) is 0 Å². The molecule has 0 saturated heterocycles. The first-order chi connectivity index (χ1) is 8.11. The molecule has 0 spiro atoms. The standard InChI is InChI=1S/C14H28N2O/c1-14(11-17,15-13-6-7-13)8-9-16(2)10-12-4-3-5-12/h12-13,15,17H,3-11H2,1-2H3. The molecule has 2 saturated carbocycles.